The molecule has 0 unspecified atom stereocenters. The molecular weight excluding hydrogens is 504 g/mol. The van der Waals surface area contributed by atoms with E-state index in [1.165, 1.54) is 6.07 Å². The maximum atomic E-state index is 12.7. The van der Waals surface area contributed by atoms with Gasteiger partial charge in [0.05, 0.1) is 34.6 Å². The Morgan fingerprint density at radius 3 is 2.42 bits per heavy atom. The second-order valence-corrected chi connectivity index (χ2v) is 9.47. The molecular formula is C29H29ClN4O4. The Labute approximate surface area is 226 Å². The number of hydrogen-bond acceptors (Lipinski definition) is 5. The number of carboxylic acids is 1. The van der Waals surface area contributed by atoms with Gasteiger partial charge in [0.1, 0.15) is 0 Å². The molecule has 1 aliphatic heterocycles. The maximum Gasteiger partial charge on any atom is 0.335 e. The second-order valence-electron chi connectivity index (χ2n) is 9.47. The molecule has 1 amide bonds. The van der Waals surface area contributed by atoms with Crippen molar-refractivity contribution in [3.8, 4) is 5.88 Å². The third-order valence-corrected chi connectivity index (χ3v) is 6.65. The fraction of sp³-hybridized carbons (Fsp3) is 0.207. The number of fused-ring (bicyclic) bond motifs is 2. The predicted molar refractivity (Wildman–Crippen MR) is 152 cm³/mol. The smallest absolute Gasteiger partial charge is 0.335 e. The van der Waals surface area contributed by atoms with Crippen molar-refractivity contribution in [1.29, 1.82) is 0 Å². The van der Waals surface area contributed by atoms with Crippen LogP contribution in [0.4, 0.5) is 11.4 Å². The molecule has 0 spiro atoms. The summed E-state index contributed by atoms with van der Waals surface area (Å²) >= 11 is 0. The fourth-order valence-electron chi connectivity index (χ4n) is 4.85. The summed E-state index contributed by atoms with van der Waals surface area (Å²) in [7, 11) is 5.45. The third-order valence-electron chi connectivity index (χ3n) is 6.65. The van der Waals surface area contributed by atoms with Crippen molar-refractivity contribution in [3.05, 3.63) is 89.0 Å². The highest BCUT2D eigenvalue weighted by molar-refractivity contribution is 6.22. The lowest BCUT2D eigenvalue weighted by Gasteiger charge is -2.19. The molecule has 5 rings (SSSR count). The molecule has 2 N–H and O–H groups in total. The summed E-state index contributed by atoms with van der Waals surface area (Å²) < 4.78 is 1.58. The SMILES string of the molecule is CN(C)CC(=O)N1CCc2cc(N=C(c3ccccc3)c3c(O)n(C)c4cc(C(=O)O)ccc34)ccc21.Cl. The molecule has 1 aromatic heterocycles. The number of likely N-dealkylation sites (N-methyl/N-ethyl adjacent to an activating group) is 1. The number of benzene rings is 3. The predicted octanol–water partition coefficient (Wildman–Crippen LogP) is 4.62. The van der Waals surface area contributed by atoms with E-state index < -0.39 is 5.97 Å². The summed E-state index contributed by atoms with van der Waals surface area (Å²) in [5.41, 5.74) is 5.32. The first kappa shape index (κ1) is 26.9. The van der Waals surface area contributed by atoms with E-state index in [0.717, 1.165) is 23.2 Å². The zero-order chi connectivity index (χ0) is 26.3. The van der Waals surface area contributed by atoms with E-state index in [1.807, 2.05) is 72.4 Å². The summed E-state index contributed by atoms with van der Waals surface area (Å²) in [6, 6.07) is 20.2. The number of aromatic carboxylic acids is 1. The van der Waals surface area contributed by atoms with E-state index in [0.29, 0.717) is 41.0 Å². The summed E-state index contributed by atoms with van der Waals surface area (Å²) in [5.74, 6) is -0.967. The molecule has 0 bridgehead atoms. The van der Waals surface area contributed by atoms with Crippen LogP contribution in [0.15, 0.2) is 71.7 Å². The van der Waals surface area contributed by atoms with Gasteiger partial charge in [-0.25, -0.2) is 9.79 Å². The summed E-state index contributed by atoms with van der Waals surface area (Å²) in [6.07, 6.45) is 0.746. The Balaban J connectivity index is 0.00000336. The number of carbonyl (C=O) groups is 2. The number of aryl methyl sites for hydroxylation is 1. The summed E-state index contributed by atoms with van der Waals surface area (Å²) in [4.78, 5) is 32.9. The van der Waals surface area contributed by atoms with Crippen molar-refractivity contribution >= 4 is 52.3 Å². The normalized spacial score (nSPS) is 13.1. The number of anilines is 1. The van der Waals surface area contributed by atoms with Crippen LogP contribution in [0.3, 0.4) is 0 Å². The first-order valence-electron chi connectivity index (χ1n) is 12.0. The van der Waals surface area contributed by atoms with E-state index in [4.69, 9.17) is 4.99 Å². The van der Waals surface area contributed by atoms with Crippen molar-refractivity contribution in [2.75, 3.05) is 32.1 Å². The van der Waals surface area contributed by atoms with Gasteiger partial charge in [0.2, 0.25) is 11.8 Å². The van der Waals surface area contributed by atoms with Crippen molar-refractivity contribution in [2.45, 2.75) is 6.42 Å². The number of aliphatic imine (C=N–C) groups is 1. The first-order chi connectivity index (χ1) is 17.7. The number of rotatable bonds is 6. The molecule has 4 aromatic rings. The monoisotopic (exact) mass is 532 g/mol. The average molecular weight is 533 g/mol. The molecule has 3 aromatic carbocycles. The van der Waals surface area contributed by atoms with Crippen LogP contribution in [0.25, 0.3) is 10.9 Å². The van der Waals surface area contributed by atoms with Crippen LogP contribution in [0, 0.1) is 0 Å². The zero-order valence-electron chi connectivity index (χ0n) is 21.4. The number of aromatic nitrogens is 1. The van der Waals surface area contributed by atoms with Crippen molar-refractivity contribution in [2.24, 2.45) is 12.0 Å². The van der Waals surface area contributed by atoms with Crippen molar-refractivity contribution < 1.29 is 19.8 Å². The maximum absolute atomic E-state index is 12.7. The van der Waals surface area contributed by atoms with Crippen LogP contribution in [0.5, 0.6) is 5.88 Å². The lowest BCUT2D eigenvalue weighted by molar-refractivity contribution is -0.119. The van der Waals surface area contributed by atoms with Gasteiger partial charge in [-0.1, -0.05) is 36.4 Å². The number of amides is 1. The van der Waals surface area contributed by atoms with Crippen LogP contribution in [0.1, 0.15) is 27.0 Å². The Hall–Kier alpha value is -4.14. The lowest BCUT2D eigenvalue weighted by Crippen LogP contribution is -2.36. The molecule has 0 aliphatic carbocycles. The minimum atomic E-state index is -1.03. The molecule has 1 aliphatic rings. The van der Waals surface area contributed by atoms with Crippen LogP contribution < -0.4 is 4.90 Å². The van der Waals surface area contributed by atoms with Crippen LogP contribution >= 0.6 is 12.4 Å². The van der Waals surface area contributed by atoms with Gasteiger partial charge < -0.3 is 24.6 Å². The Morgan fingerprint density at radius 2 is 1.74 bits per heavy atom. The van der Waals surface area contributed by atoms with Gasteiger partial charge in [-0.05, 0) is 56.4 Å². The minimum absolute atomic E-state index is 0. The van der Waals surface area contributed by atoms with E-state index in [2.05, 4.69) is 0 Å². The van der Waals surface area contributed by atoms with Crippen molar-refractivity contribution in [3.63, 3.8) is 0 Å². The molecule has 0 fully saturated rings. The topological polar surface area (TPSA) is 98.4 Å². The van der Waals surface area contributed by atoms with Gasteiger partial charge >= 0.3 is 5.97 Å². The molecule has 0 atom stereocenters. The summed E-state index contributed by atoms with van der Waals surface area (Å²) in [5, 5.41) is 21.3. The zero-order valence-corrected chi connectivity index (χ0v) is 22.2. The Morgan fingerprint density at radius 1 is 1.00 bits per heavy atom. The van der Waals surface area contributed by atoms with Gasteiger partial charge in [-0.3, -0.25) is 4.79 Å². The molecule has 0 saturated carbocycles. The Bertz CT molecular complexity index is 1560. The minimum Gasteiger partial charge on any atom is -0.494 e. The Kier molecular flexibility index (Phi) is 7.57. The highest BCUT2D eigenvalue weighted by Crippen LogP contribution is 2.36. The molecule has 0 saturated heterocycles. The van der Waals surface area contributed by atoms with E-state index >= 15 is 0 Å². The van der Waals surface area contributed by atoms with Gasteiger partial charge in [0.15, 0.2) is 0 Å². The largest absolute Gasteiger partial charge is 0.494 e. The number of halogens is 1. The first-order valence-corrected chi connectivity index (χ1v) is 12.0. The van der Waals surface area contributed by atoms with Crippen molar-refractivity contribution in [1.82, 2.24) is 9.47 Å². The molecule has 38 heavy (non-hydrogen) atoms. The number of aromatic hydroxyl groups is 1. The number of carbonyl (C=O) groups excluding carboxylic acids is 1. The molecule has 0 radical (unpaired) electrons. The summed E-state index contributed by atoms with van der Waals surface area (Å²) in [6.45, 7) is 0.984. The number of nitrogens with zero attached hydrogens (tertiary/aromatic N) is 4. The third kappa shape index (κ3) is 4.88. The van der Waals surface area contributed by atoms with Crippen LogP contribution in [0.2, 0.25) is 0 Å². The highest BCUT2D eigenvalue weighted by Gasteiger charge is 2.26. The van der Waals surface area contributed by atoms with Gasteiger partial charge in [-0.2, -0.15) is 0 Å². The highest BCUT2D eigenvalue weighted by atomic mass is 35.5. The van der Waals surface area contributed by atoms with E-state index in [1.54, 1.807) is 23.7 Å². The van der Waals surface area contributed by atoms with Crippen LogP contribution in [-0.4, -0.2) is 64.5 Å². The van der Waals surface area contributed by atoms with Gasteiger partial charge in [-0.15, -0.1) is 12.4 Å². The number of carboxylic acid groups (broad SMARTS) is 1. The van der Waals surface area contributed by atoms with E-state index in [-0.39, 0.29) is 29.8 Å². The van der Waals surface area contributed by atoms with E-state index in [9.17, 15) is 19.8 Å². The fourth-order valence-corrected chi connectivity index (χ4v) is 4.85. The number of hydrogen-bond donors (Lipinski definition) is 2. The molecule has 2 heterocycles. The standard InChI is InChI=1S/C29H28N4O4.ClH/c1-31(2)17-25(34)33-14-13-19-15-21(10-12-23(19)33)30-27(18-7-5-4-6-8-18)26-22-11-9-20(29(36)37)16-24(22)32(3)28(26)35;/h4-12,15-16,35H,13-14,17H2,1-3H3,(H,36,37);1H. The second kappa shape index (κ2) is 10.7. The van der Waals surface area contributed by atoms with Gasteiger partial charge in [0, 0.05) is 30.2 Å². The van der Waals surface area contributed by atoms with Crippen LogP contribution in [-0.2, 0) is 18.3 Å². The molecule has 196 valence electrons. The quantitative estimate of drug-likeness (QED) is 0.353. The average Bonchev–Trinajstić information content (AvgIpc) is 3.41. The molecule has 8 nitrogen and oxygen atoms in total. The van der Waals surface area contributed by atoms with Gasteiger partial charge in [0.25, 0.3) is 0 Å². The lowest BCUT2D eigenvalue weighted by atomic mass is 10.00. The molecule has 9 heteroatoms.